The van der Waals surface area contributed by atoms with Gasteiger partial charge in [0.15, 0.2) is 0 Å². The van der Waals surface area contributed by atoms with Crippen LogP contribution in [0.1, 0.15) is 11.3 Å². The zero-order chi connectivity index (χ0) is 17.1. The van der Waals surface area contributed by atoms with Crippen molar-refractivity contribution in [3.63, 3.8) is 0 Å². The summed E-state index contributed by atoms with van der Waals surface area (Å²) in [5.41, 5.74) is 1.99. The van der Waals surface area contributed by atoms with Crippen LogP contribution in [0.5, 0.6) is 0 Å². The van der Waals surface area contributed by atoms with Gasteiger partial charge in [-0.1, -0.05) is 41.9 Å². The van der Waals surface area contributed by atoms with Crippen LogP contribution >= 0.6 is 24.0 Å². The summed E-state index contributed by atoms with van der Waals surface area (Å²) < 4.78 is 1.58. The predicted molar refractivity (Wildman–Crippen MR) is 106 cm³/mol. The second-order valence-electron chi connectivity index (χ2n) is 6.13. The standard InChI is InChI=1S/C19H20ClN3O.ClH/c1-22(2)11-12-23-19(24)17-6-4-3-5-16(17)18(21-23)13-14-7-9-15(20)10-8-14;/h3-10H,11-13H2,1-2H3;1H. The highest BCUT2D eigenvalue weighted by Gasteiger charge is 2.11. The first kappa shape index (κ1) is 19.4. The highest BCUT2D eigenvalue weighted by molar-refractivity contribution is 6.30. The predicted octanol–water partition coefficient (Wildman–Crippen LogP) is 3.62. The van der Waals surface area contributed by atoms with E-state index in [4.69, 9.17) is 11.6 Å². The maximum absolute atomic E-state index is 12.7. The number of rotatable bonds is 5. The largest absolute Gasteiger partial charge is 0.308 e. The van der Waals surface area contributed by atoms with Crippen LogP contribution < -0.4 is 5.56 Å². The fourth-order valence-electron chi connectivity index (χ4n) is 2.68. The van der Waals surface area contributed by atoms with E-state index in [1.807, 2.05) is 67.5 Å². The molecule has 0 spiro atoms. The molecule has 0 fully saturated rings. The molecule has 0 bridgehead atoms. The van der Waals surface area contributed by atoms with Crippen molar-refractivity contribution in [2.45, 2.75) is 13.0 Å². The lowest BCUT2D eigenvalue weighted by Gasteiger charge is -2.13. The lowest BCUT2D eigenvalue weighted by Crippen LogP contribution is -2.29. The Morgan fingerprint density at radius 1 is 1.04 bits per heavy atom. The Morgan fingerprint density at radius 3 is 2.32 bits per heavy atom. The number of hydrogen-bond acceptors (Lipinski definition) is 3. The van der Waals surface area contributed by atoms with Crippen molar-refractivity contribution in [1.82, 2.24) is 14.7 Å². The van der Waals surface area contributed by atoms with Crippen LogP contribution in [0.3, 0.4) is 0 Å². The quantitative estimate of drug-likeness (QED) is 0.681. The fraction of sp³-hybridized carbons (Fsp3) is 0.263. The third-order valence-electron chi connectivity index (χ3n) is 3.99. The molecule has 0 atom stereocenters. The number of benzene rings is 2. The summed E-state index contributed by atoms with van der Waals surface area (Å²) in [6.45, 7) is 1.34. The topological polar surface area (TPSA) is 38.1 Å². The van der Waals surface area contributed by atoms with Gasteiger partial charge in [0.1, 0.15) is 0 Å². The molecule has 25 heavy (non-hydrogen) atoms. The van der Waals surface area contributed by atoms with Gasteiger partial charge in [0.05, 0.1) is 17.6 Å². The van der Waals surface area contributed by atoms with Gasteiger partial charge in [-0.05, 0) is 37.9 Å². The Labute approximate surface area is 158 Å². The Balaban J connectivity index is 0.00000225. The van der Waals surface area contributed by atoms with E-state index in [1.54, 1.807) is 4.68 Å². The summed E-state index contributed by atoms with van der Waals surface area (Å²) in [6.07, 6.45) is 0.667. The second-order valence-corrected chi connectivity index (χ2v) is 6.56. The molecule has 0 aliphatic rings. The summed E-state index contributed by atoms with van der Waals surface area (Å²) in [6, 6.07) is 15.4. The Bertz CT molecular complexity index is 905. The highest BCUT2D eigenvalue weighted by atomic mass is 35.5. The van der Waals surface area contributed by atoms with Gasteiger partial charge in [-0.25, -0.2) is 4.68 Å². The molecule has 0 aliphatic heterocycles. The van der Waals surface area contributed by atoms with E-state index in [1.165, 1.54) is 0 Å². The summed E-state index contributed by atoms with van der Waals surface area (Å²) >= 11 is 5.96. The number of hydrogen-bond donors (Lipinski definition) is 0. The van der Waals surface area contributed by atoms with Gasteiger partial charge in [-0.2, -0.15) is 5.10 Å². The molecule has 3 rings (SSSR count). The van der Waals surface area contributed by atoms with Gasteiger partial charge in [-0.15, -0.1) is 12.4 Å². The molecule has 6 heteroatoms. The van der Waals surface area contributed by atoms with E-state index in [2.05, 4.69) is 5.10 Å². The Morgan fingerprint density at radius 2 is 1.68 bits per heavy atom. The molecule has 4 nitrogen and oxygen atoms in total. The maximum atomic E-state index is 12.7. The molecule has 0 N–H and O–H groups in total. The molecule has 3 aromatic rings. The molecular formula is C19H21Cl2N3O. The molecule has 0 amide bonds. The SMILES string of the molecule is CN(C)CCn1nc(Cc2ccc(Cl)cc2)c2ccccc2c1=O.Cl. The average Bonchev–Trinajstić information content (AvgIpc) is 2.58. The van der Waals surface area contributed by atoms with Crippen molar-refractivity contribution >= 4 is 34.8 Å². The van der Waals surface area contributed by atoms with Crippen LogP contribution in [-0.4, -0.2) is 35.3 Å². The summed E-state index contributed by atoms with van der Waals surface area (Å²) in [5, 5.41) is 6.98. The lowest BCUT2D eigenvalue weighted by molar-refractivity contribution is 0.367. The lowest BCUT2D eigenvalue weighted by atomic mass is 10.0. The van der Waals surface area contributed by atoms with Crippen molar-refractivity contribution in [2.75, 3.05) is 20.6 Å². The molecular weight excluding hydrogens is 357 g/mol. The zero-order valence-corrected chi connectivity index (χ0v) is 15.8. The summed E-state index contributed by atoms with van der Waals surface area (Å²) in [7, 11) is 3.97. The monoisotopic (exact) mass is 377 g/mol. The average molecular weight is 378 g/mol. The third-order valence-corrected chi connectivity index (χ3v) is 4.24. The van der Waals surface area contributed by atoms with Gasteiger partial charge < -0.3 is 4.90 Å². The molecule has 0 saturated carbocycles. The van der Waals surface area contributed by atoms with E-state index in [0.29, 0.717) is 18.0 Å². The number of likely N-dealkylation sites (N-methyl/N-ethyl adjacent to an activating group) is 1. The van der Waals surface area contributed by atoms with E-state index < -0.39 is 0 Å². The van der Waals surface area contributed by atoms with Crippen molar-refractivity contribution in [1.29, 1.82) is 0 Å². The minimum Gasteiger partial charge on any atom is -0.308 e. The Hall–Kier alpha value is -1.88. The van der Waals surface area contributed by atoms with Crippen LogP contribution in [0, 0.1) is 0 Å². The molecule has 0 aliphatic carbocycles. The molecule has 0 saturated heterocycles. The third kappa shape index (κ3) is 4.60. The van der Waals surface area contributed by atoms with Crippen molar-refractivity contribution in [2.24, 2.45) is 0 Å². The van der Waals surface area contributed by atoms with E-state index >= 15 is 0 Å². The Kier molecular flexibility index (Phi) is 6.59. The molecule has 1 heterocycles. The van der Waals surface area contributed by atoms with E-state index in [-0.39, 0.29) is 18.0 Å². The molecule has 2 aromatic carbocycles. The molecule has 0 radical (unpaired) electrons. The van der Waals surface area contributed by atoms with Crippen molar-refractivity contribution in [3.05, 3.63) is 75.2 Å². The van der Waals surface area contributed by atoms with Gasteiger partial charge >= 0.3 is 0 Å². The van der Waals surface area contributed by atoms with E-state index in [0.717, 1.165) is 28.6 Å². The van der Waals surface area contributed by atoms with Crippen molar-refractivity contribution in [3.8, 4) is 0 Å². The van der Waals surface area contributed by atoms with Gasteiger partial charge in [0.2, 0.25) is 0 Å². The number of nitrogens with zero attached hydrogens (tertiary/aromatic N) is 3. The first-order valence-electron chi connectivity index (χ1n) is 7.92. The fourth-order valence-corrected chi connectivity index (χ4v) is 2.80. The molecule has 1 aromatic heterocycles. The van der Waals surface area contributed by atoms with Gasteiger partial charge in [0.25, 0.3) is 5.56 Å². The van der Waals surface area contributed by atoms with Gasteiger partial charge in [0, 0.05) is 23.4 Å². The minimum absolute atomic E-state index is 0. The van der Waals surface area contributed by atoms with Crippen LogP contribution in [0.4, 0.5) is 0 Å². The zero-order valence-electron chi connectivity index (χ0n) is 14.3. The van der Waals surface area contributed by atoms with E-state index in [9.17, 15) is 4.79 Å². The molecule has 132 valence electrons. The first-order chi connectivity index (χ1) is 11.5. The van der Waals surface area contributed by atoms with Gasteiger partial charge in [-0.3, -0.25) is 4.79 Å². The number of fused-ring (bicyclic) bond motifs is 1. The minimum atomic E-state index is -0.0349. The van der Waals surface area contributed by atoms with Crippen LogP contribution in [-0.2, 0) is 13.0 Å². The first-order valence-corrected chi connectivity index (χ1v) is 8.30. The normalized spacial score (nSPS) is 10.9. The summed E-state index contributed by atoms with van der Waals surface area (Å²) in [4.78, 5) is 14.7. The number of halogens is 2. The smallest absolute Gasteiger partial charge is 0.274 e. The van der Waals surface area contributed by atoms with Crippen LogP contribution in [0.25, 0.3) is 10.8 Å². The highest BCUT2D eigenvalue weighted by Crippen LogP contribution is 2.18. The molecule has 0 unspecified atom stereocenters. The van der Waals surface area contributed by atoms with Crippen molar-refractivity contribution < 1.29 is 0 Å². The summed E-state index contributed by atoms with van der Waals surface area (Å²) in [5.74, 6) is 0. The number of aromatic nitrogens is 2. The maximum Gasteiger partial charge on any atom is 0.274 e. The second kappa shape index (κ2) is 8.48. The van der Waals surface area contributed by atoms with Crippen LogP contribution in [0.15, 0.2) is 53.3 Å². The van der Waals surface area contributed by atoms with Crippen LogP contribution in [0.2, 0.25) is 5.02 Å².